The van der Waals surface area contributed by atoms with Crippen LogP contribution < -0.4 is 15.6 Å². The Morgan fingerprint density at radius 3 is 2.23 bits per heavy atom. The van der Waals surface area contributed by atoms with Crippen LogP contribution in [0.3, 0.4) is 0 Å². The van der Waals surface area contributed by atoms with Crippen molar-refractivity contribution in [1.82, 2.24) is 10.9 Å². The van der Waals surface area contributed by atoms with E-state index in [1.54, 1.807) is 6.07 Å². The zero-order chi connectivity index (χ0) is 18.8. The van der Waals surface area contributed by atoms with Crippen LogP contribution in [-0.4, -0.2) is 29.5 Å². The van der Waals surface area contributed by atoms with Crippen LogP contribution in [0.2, 0.25) is 0 Å². The molecule has 0 aromatic heterocycles. The summed E-state index contributed by atoms with van der Waals surface area (Å²) in [6, 6.07) is 17.0. The summed E-state index contributed by atoms with van der Waals surface area (Å²) in [5, 5.41) is 8.51. The number of carboxylic acids is 1. The summed E-state index contributed by atoms with van der Waals surface area (Å²) in [6.07, 6.45) is 0.128. The van der Waals surface area contributed by atoms with Gasteiger partial charge in [0.05, 0.1) is 0 Å². The average molecular weight is 356 g/mol. The first-order valence-electron chi connectivity index (χ1n) is 8.13. The number of hydrogen-bond acceptors (Lipinski definition) is 4. The molecule has 2 rings (SSSR count). The Morgan fingerprint density at radius 2 is 1.50 bits per heavy atom. The average Bonchev–Trinajstić information content (AvgIpc) is 2.65. The quantitative estimate of drug-likeness (QED) is 0.629. The van der Waals surface area contributed by atoms with Gasteiger partial charge in [-0.2, -0.15) is 0 Å². The van der Waals surface area contributed by atoms with Gasteiger partial charge in [0.15, 0.2) is 6.61 Å². The molecular formula is C19H20N2O5. The highest BCUT2D eigenvalue weighted by Crippen LogP contribution is 2.29. The van der Waals surface area contributed by atoms with Crippen LogP contribution in [0.15, 0.2) is 54.6 Å². The lowest BCUT2D eigenvalue weighted by atomic mass is 10.1. The first kappa shape index (κ1) is 19.0. The summed E-state index contributed by atoms with van der Waals surface area (Å²) in [5.74, 6) is -1.38. The number of para-hydroxylation sites is 1. The van der Waals surface area contributed by atoms with Gasteiger partial charge in [0.2, 0.25) is 5.91 Å². The largest absolute Gasteiger partial charge is 0.483 e. The van der Waals surface area contributed by atoms with Crippen molar-refractivity contribution >= 4 is 17.8 Å². The van der Waals surface area contributed by atoms with Crippen LogP contribution in [0.25, 0.3) is 11.1 Å². The Balaban J connectivity index is 1.81. The van der Waals surface area contributed by atoms with E-state index in [1.807, 2.05) is 48.5 Å². The number of rotatable bonds is 8. The fraction of sp³-hybridized carbons (Fsp3) is 0.211. The van der Waals surface area contributed by atoms with Crippen molar-refractivity contribution in [3.63, 3.8) is 0 Å². The SMILES string of the molecule is O=C(O)CCCC(=O)NNC(=O)COc1ccccc1-c1ccccc1. The van der Waals surface area contributed by atoms with E-state index in [0.717, 1.165) is 11.1 Å². The number of benzene rings is 2. The summed E-state index contributed by atoms with van der Waals surface area (Å²) in [6.45, 7) is -0.265. The second-order valence-corrected chi connectivity index (χ2v) is 5.49. The Hall–Kier alpha value is -3.35. The van der Waals surface area contributed by atoms with Crippen molar-refractivity contribution in [2.24, 2.45) is 0 Å². The third kappa shape index (κ3) is 6.27. The number of carboxylic acid groups (broad SMARTS) is 1. The highest BCUT2D eigenvalue weighted by atomic mass is 16.5. The number of amides is 2. The Labute approximate surface area is 151 Å². The van der Waals surface area contributed by atoms with Gasteiger partial charge in [-0.25, -0.2) is 0 Å². The molecule has 2 aromatic carbocycles. The summed E-state index contributed by atoms with van der Waals surface area (Å²) < 4.78 is 5.56. The van der Waals surface area contributed by atoms with E-state index in [9.17, 15) is 14.4 Å². The van der Waals surface area contributed by atoms with Gasteiger partial charge in [-0.3, -0.25) is 25.2 Å². The summed E-state index contributed by atoms with van der Waals surface area (Å²) in [5.41, 5.74) is 6.29. The van der Waals surface area contributed by atoms with Crippen molar-refractivity contribution < 1.29 is 24.2 Å². The fourth-order valence-electron chi connectivity index (χ4n) is 2.23. The smallest absolute Gasteiger partial charge is 0.303 e. The number of aliphatic carboxylic acids is 1. The predicted octanol–water partition coefficient (Wildman–Crippen LogP) is 2.13. The van der Waals surface area contributed by atoms with E-state index in [1.165, 1.54) is 0 Å². The first-order valence-corrected chi connectivity index (χ1v) is 8.13. The van der Waals surface area contributed by atoms with Gasteiger partial charge in [-0.05, 0) is 18.1 Å². The Morgan fingerprint density at radius 1 is 0.846 bits per heavy atom. The fourth-order valence-corrected chi connectivity index (χ4v) is 2.23. The molecule has 0 spiro atoms. The third-order valence-corrected chi connectivity index (χ3v) is 3.47. The lowest BCUT2D eigenvalue weighted by Gasteiger charge is -2.12. The van der Waals surface area contributed by atoms with Crippen LogP contribution in [0.5, 0.6) is 5.75 Å². The number of nitrogens with one attached hydrogen (secondary N) is 2. The molecule has 0 radical (unpaired) electrons. The third-order valence-electron chi connectivity index (χ3n) is 3.47. The maximum atomic E-state index is 11.8. The molecular weight excluding hydrogens is 336 g/mol. The normalized spacial score (nSPS) is 10.0. The summed E-state index contributed by atoms with van der Waals surface area (Å²) >= 11 is 0. The van der Waals surface area contributed by atoms with E-state index >= 15 is 0 Å². The van der Waals surface area contributed by atoms with Gasteiger partial charge in [-0.15, -0.1) is 0 Å². The van der Waals surface area contributed by atoms with Crippen molar-refractivity contribution in [2.75, 3.05) is 6.61 Å². The summed E-state index contributed by atoms with van der Waals surface area (Å²) in [4.78, 5) is 33.7. The van der Waals surface area contributed by atoms with Gasteiger partial charge in [-0.1, -0.05) is 48.5 Å². The van der Waals surface area contributed by atoms with Crippen molar-refractivity contribution in [3.05, 3.63) is 54.6 Å². The van der Waals surface area contributed by atoms with Crippen molar-refractivity contribution in [3.8, 4) is 16.9 Å². The first-order chi connectivity index (χ1) is 12.6. The molecule has 2 amide bonds. The molecule has 2 aromatic rings. The maximum absolute atomic E-state index is 11.8. The highest BCUT2D eigenvalue weighted by Gasteiger charge is 2.09. The van der Waals surface area contributed by atoms with Crippen LogP contribution in [0, 0.1) is 0 Å². The Bertz CT molecular complexity index is 762. The van der Waals surface area contributed by atoms with E-state index in [4.69, 9.17) is 9.84 Å². The van der Waals surface area contributed by atoms with Crippen LogP contribution >= 0.6 is 0 Å². The second kappa shape index (κ2) is 9.83. The van der Waals surface area contributed by atoms with Crippen molar-refractivity contribution in [1.29, 1.82) is 0 Å². The van der Waals surface area contributed by atoms with E-state index in [0.29, 0.717) is 5.75 Å². The molecule has 0 unspecified atom stereocenters. The monoisotopic (exact) mass is 356 g/mol. The molecule has 0 saturated carbocycles. The molecule has 0 aliphatic carbocycles. The minimum atomic E-state index is -0.965. The molecule has 0 bridgehead atoms. The predicted molar refractivity (Wildman–Crippen MR) is 95.1 cm³/mol. The molecule has 136 valence electrons. The van der Waals surface area contributed by atoms with Crippen molar-refractivity contribution in [2.45, 2.75) is 19.3 Å². The molecule has 3 N–H and O–H groups in total. The van der Waals surface area contributed by atoms with Gasteiger partial charge in [0.25, 0.3) is 5.91 Å². The molecule has 7 heteroatoms. The molecule has 0 aliphatic heterocycles. The number of ether oxygens (including phenoxy) is 1. The zero-order valence-corrected chi connectivity index (χ0v) is 14.1. The highest BCUT2D eigenvalue weighted by molar-refractivity contribution is 5.83. The lowest BCUT2D eigenvalue weighted by molar-refractivity contribution is -0.137. The van der Waals surface area contributed by atoms with Crippen LogP contribution in [0.4, 0.5) is 0 Å². The van der Waals surface area contributed by atoms with E-state index < -0.39 is 17.8 Å². The van der Waals surface area contributed by atoms with Gasteiger partial charge < -0.3 is 9.84 Å². The minimum Gasteiger partial charge on any atom is -0.483 e. The zero-order valence-electron chi connectivity index (χ0n) is 14.1. The van der Waals surface area contributed by atoms with Gasteiger partial charge in [0, 0.05) is 18.4 Å². The van der Waals surface area contributed by atoms with Gasteiger partial charge >= 0.3 is 5.97 Å². The minimum absolute atomic E-state index is 0.0181. The topological polar surface area (TPSA) is 105 Å². The number of hydrazine groups is 1. The standard InChI is InChI=1S/C19H20N2O5/c22-17(11-6-12-19(24)25)20-21-18(23)13-26-16-10-5-4-9-15(16)14-7-2-1-3-8-14/h1-5,7-10H,6,11-13H2,(H,20,22)(H,21,23)(H,24,25). The van der Waals surface area contributed by atoms with Crippen LogP contribution in [-0.2, 0) is 14.4 Å². The number of carbonyl (C=O) groups excluding carboxylic acids is 2. The molecule has 0 heterocycles. The van der Waals surface area contributed by atoms with Crippen LogP contribution in [0.1, 0.15) is 19.3 Å². The molecule has 0 fully saturated rings. The molecule has 0 atom stereocenters. The lowest BCUT2D eigenvalue weighted by Crippen LogP contribution is -2.43. The molecule has 0 saturated heterocycles. The summed E-state index contributed by atoms with van der Waals surface area (Å²) in [7, 11) is 0. The molecule has 0 aliphatic rings. The maximum Gasteiger partial charge on any atom is 0.303 e. The van der Waals surface area contributed by atoms with E-state index in [2.05, 4.69) is 10.9 Å². The Kier molecular flexibility index (Phi) is 7.17. The number of carbonyl (C=O) groups is 3. The second-order valence-electron chi connectivity index (χ2n) is 5.49. The molecule has 26 heavy (non-hydrogen) atoms. The van der Waals surface area contributed by atoms with Gasteiger partial charge in [0.1, 0.15) is 5.75 Å². The number of hydrogen-bond donors (Lipinski definition) is 3. The van der Waals surface area contributed by atoms with E-state index in [-0.39, 0.29) is 25.9 Å². The molecule has 7 nitrogen and oxygen atoms in total.